The number of nitrogens with one attached hydrogen (secondary N) is 1. The first-order valence-corrected chi connectivity index (χ1v) is 36.4. The second-order valence-electron chi connectivity index (χ2n) is 26.4. The van der Waals surface area contributed by atoms with Gasteiger partial charge in [-0.15, -0.1) is 0 Å². The number of aliphatic hydroxyl groups is 11. The number of amides is 1. The van der Waals surface area contributed by atoms with Gasteiger partial charge >= 0.3 is 0 Å². The third-order valence-corrected chi connectivity index (χ3v) is 18.6. The Kier molecular flexibility index (Phi) is 48.5. The van der Waals surface area contributed by atoms with E-state index >= 15 is 0 Å². The zero-order chi connectivity index (χ0) is 64.7. The number of rotatable bonds is 57. The molecule has 0 spiro atoms. The lowest BCUT2D eigenvalue weighted by atomic mass is 9.96. The smallest absolute Gasteiger partial charge is 0.220 e. The van der Waals surface area contributed by atoms with Crippen molar-refractivity contribution in [3.63, 3.8) is 0 Å². The molecule has 19 heteroatoms. The second-order valence-corrected chi connectivity index (χ2v) is 26.4. The standard InChI is InChI=1S/C70H133NO18/c1-3-5-7-9-10-11-12-13-14-15-16-17-18-19-20-21-22-23-24-25-26-27-28-29-30-31-32-33-34-35-36-37-38-39-40-41-42-44-46-48-58(76)71-53(54(75)47-45-43-8-6-4-2)52-84-68-64(82)61(79)66(56(50-73)86-68)89-70-65(83)62(80)67(57(51-74)87-70)88-69-63(81)60(78)59(77)55(49-72)85-69/h15-16,53-57,59-70,72-75,77-83H,3-14,17-52H2,1-2H3,(H,71,76)/b16-15-. The molecule has 0 saturated carbocycles. The van der Waals surface area contributed by atoms with E-state index in [1.165, 1.54) is 212 Å². The van der Waals surface area contributed by atoms with Gasteiger partial charge in [-0.05, 0) is 38.5 Å². The van der Waals surface area contributed by atoms with E-state index in [2.05, 4.69) is 31.3 Å². The van der Waals surface area contributed by atoms with E-state index in [-0.39, 0.29) is 18.9 Å². The first-order chi connectivity index (χ1) is 43.3. The molecule has 0 bridgehead atoms. The highest BCUT2D eigenvalue weighted by Gasteiger charge is 2.53. The quantitative estimate of drug-likeness (QED) is 0.0199. The van der Waals surface area contributed by atoms with Crippen molar-refractivity contribution in [2.45, 2.75) is 401 Å². The molecule has 17 unspecified atom stereocenters. The maximum absolute atomic E-state index is 13.3. The van der Waals surface area contributed by atoms with Gasteiger partial charge in [0.1, 0.15) is 73.2 Å². The van der Waals surface area contributed by atoms with E-state index in [1.54, 1.807) is 0 Å². The lowest BCUT2D eigenvalue weighted by Gasteiger charge is -2.48. The van der Waals surface area contributed by atoms with Crippen molar-refractivity contribution in [3.05, 3.63) is 12.2 Å². The topological polar surface area (TPSA) is 307 Å². The molecule has 3 saturated heterocycles. The average molecular weight is 1280 g/mol. The number of ether oxygens (including phenoxy) is 6. The lowest BCUT2D eigenvalue weighted by Crippen LogP contribution is -2.66. The van der Waals surface area contributed by atoms with Crippen LogP contribution < -0.4 is 5.32 Å². The van der Waals surface area contributed by atoms with Gasteiger partial charge in [0.25, 0.3) is 0 Å². The predicted octanol–water partition coefficient (Wildman–Crippen LogP) is 10.1. The monoisotopic (exact) mass is 1280 g/mol. The summed E-state index contributed by atoms with van der Waals surface area (Å²) in [6.07, 6.45) is 32.9. The number of unbranched alkanes of at least 4 members (excludes halogenated alkanes) is 39. The average Bonchev–Trinajstić information content (AvgIpc) is 2.72. The van der Waals surface area contributed by atoms with Crippen LogP contribution in [0.5, 0.6) is 0 Å². The minimum Gasteiger partial charge on any atom is -0.394 e. The van der Waals surface area contributed by atoms with Crippen LogP contribution in [0.1, 0.15) is 296 Å². The van der Waals surface area contributed by atoms with Crippen LogP contribution in [0.25, 0.3) is 0 Å². The normalized spacial score (nSPS) is 28.2. The van der Waals surface area contributed by atoms with E-state index in [9.17, 15) is 61.0 Å². The van der Waals surface area contributed by atoms with Gasteiger partial charge < -0.3 is 89.9 Å². The molecular formula is C70H133NO18. The van der Waals surface area contributed by atoms with Crippen molar-refractivity contribution in [1.29, 1.82) is 0 Å². The van der Waals surface area contributed by atoms with Gasteiger partial charge in [-0.1, -0.05) is 264 Å². The van der Waals surface area contributed by atoms with E-state index in [4.69, 9.17) is 28.4 Å². The molecule has 12 N–H and O–H groups in total. The third kappa shape index (κ3) is 34.7. The Morgan fingerprint density at radius 3 is 1.09 bits per heavy atom. The van der Waals surface area contributed by atoms with Crippen LogP contribution >= 0.6 is 0 Å². The summed E-state index contributed by atoms with van der Waals surface area (Å²) in [6, 6.07) is -0.879. The van der Waals surface area contributed by atoms with E-state index in [0.717, 1.165) is 51.4 Å². The van der Waals surface area contributed by atoms with Crippen LogP contribution in [0.2, 0.25) is 0 Å². The third-order valence-electron chi connectivity index (χ3n) is 18.6. The van der Waals surface area contributed by atoms with Crippen molar-refractivity contribution in [3.8, 4) is 0 Å². The fourth-order valence-corrected chi connectivity index (χ4v) is 12.7. The molecule has 0 radical (unpaired) electrons. The highest BCUT2D eigenvalue weighted by Crippen LogP contribution is 2.33. The SMILES string of the molecule is CCCCCCCCCC/C=C\CCCCCCCCCCCCCCCCCCCCCCCCCCCCCC(=O)NC(COC1OC(CO)C(OC2OC(CO)C(OC3OC(CO)C(O)C(O)C3O)C(O)C2O)C(O)C1O)C(O)CCCCCCC. The summed E-state index contributed by atoms with van der Waals surface area (Å²) in [5, 5.41) is 120. The molecule has 17 atom stereocenters. The molecule has 0 aromatic rings. The Morgan fingerprint density at radius 2 is 0.708 bits per heavy atom. The maximum Gasteiger partial charge on any atom is 0.220 e. The molecule has 0 aromatic heterocycles. The van der Waals surface area contributed by atoms with Crippen LogP contribution in [-0.4, -0.2) is 193 Å². The Morgan fingerprint density at radius 1 is 0.393 bits per heavy atom. The van der Waals surface area contributed by atoms with Gasteiger partial charge in [0.2, 0.25) is 5.91 Å². The van der Waals surface area contributed by atoms with Gasteiger partial charge in [-0.2, -0.15) is 0 Å². The molecule has 0 aliphatic carbocycles. The highest BCUT2D eigenvalue weighted by molar-refractivity contribution is 5.76. The second kappa shape index (κ2) is 52.8. The van der Waals surface area contributed by atoms with Crippen LogP contribution in [0, 0.1) is 0 Å². The number of hydrogen-bond donors (Lipinski definition) is 12. The van der Waals surface area contributed by atoms with Gasteiger partial charge in [0, 0.05) is 6.42 Å². The van der Waals surface area contributed by atoms with E-state index < -0.39 is 124 Å². The summed E-state index contributed by atoms with van der Waals surface area (Å²) >= 11 is 0. The fraction of sp³-hybridized carbons (Fsp3) is 0.957. The summed E-state index contributed by atoms with van der Waals surface area (Å²) in [5.74, 6) is -0.244. The minimum absolute atomic E-state index is 0.244. The first-order valence-electron chi connectivity index (χ1n) is 36.4. The molecule has 3 heterocycles. The van der Waals surface area contributed by atoms with Crippen LogP contribution in [-0.2, 0) is 33.2 Å². The van der Waals surface area contributed by atoms with Crippen LogP contribution in [0.15, 0.2) is 12.2 Å². The molecular weight excluding hydrogens is 1140 g/mol. The Labute approximate surface area is 537 Å². The fourth-order valence-electron chi connectivity index (χ4n) is 12.7. The van der Waals surface area contributed by atoms with Crippen molar-refractivity contribution >= 4 is 5.91 Å². The summed E-state index contributed by atoms with van der Waals surface area (Å²) in [4.78, 5) is 13.3. The first kappa shape index (κ1) is 81.8. The van der Waals surface area contributed by atoms with Gasteiger partial charge in [-0.25, -0.2) is 0 Å². The Balaban J connectivity index is 1.20. The number of carbonyl (C=O) groups excluding carboxylic acids is 1. The number of aliphatic hydroxyl groups excluding tert-OH is 11. The molecule has 3 fully saturated rings. The molecule has 526 valence electrons. The van der Waals surface area contributed by atoms with Crippen molar-refractivity contribution in [1.82, 2.24) is 5.32 Å². The van der Waals surface area contributed by atoms with Crippen molar-refractivity contribution in [2.75, 3.05) is 26.4 Å². The lowest BCUT2D eigenvalue weighted by molar-refractivity contribution is -0.379. The van der Waals surface area contributed by atoms with Crippen LogP contribution in [0.4, 0.5) is 0 Å². The minimum atomic E-state index is -1.97. The summed E-state index contributed by atoms with van der Waals surface area (Å²) < 4.78 is 34.2. The number of hydrogen-bond acceptors (Lipinski definition) is 18. The zero-order valence-corrected chi connectivity index (χ0v) is 55.7. The summed E-state index contributed by atoms with van der Waals surface area (Å²) in [5.41, 5.74) is 0. The molecule has 3 aliphatic rings. The van der Waals surface area contributed by atoms with Gasteiger partial charge in [-0.3, -0.25) is 4.79 Å². The summed E-state index contributed by atoms with van der Waals surface area (Å²) in [7, 11) is 0. The van der Waals surface area contributed by atoms with E-state index in [0.29, 0.717) is 12.8 Å². The van der Waals surface area contributed by atoms with E-state index in [1.807, 2.05) is 0 Å². The van der Waals surface area contributed by atoms with Crippen molar-refractivity contribution < 1.29 is 89.4 Å². The molecule has 19 nitrogen and oxygen atoms in total. The molecule has 0 aromatic carbocycles. The van der Waals surface area contributed by atoms with Gasteiger partial charge in [0.05, 0.1) is 38.6 Å². The highest BCUT2D eigenvalue weighted by atomic mass is 16.8. The van der Waals surface area contributed by atoms with Gasteiger partial charge in [0.15, 0.2) is 18.9 Å². The molecule has 1 amide bonds. The zero-order valence-electron chi connectivity index (χ0n) is 55.7. The number of allylic oxidation sites excluding steroid dienone is 2. The number of carbonyl (C=O) groups is 1. The summed E-state index contributed by atoms with van der Waals surface area (Å²) in [6.45, 7) is 1.71. The maximum atomic E-state index is 13.3. The largest absolute Gasteiger partial charge is 0.394 e. The van der Waals surface area contributed by atoms with Crippen molar-refractivity contribution in [2.24, 2.45) is 0 Å². The molecule has 3 aliphatic heterocycles. The Bertz CT molecular complexity index is 1670. The Hall–Kier alpha value is -1.47. The predicted molar refractivity (Wildman–Crippen MR) is 347 cm³/mol. The van der Waals surface area contributed by atoms with Crippen LogP contribution in [0.3, 0.4) is 0 Å². The molecule has 89 heavy (non-hydrogen) atoms. The molecule has 3 rings (SSSR count).